The molecular weight excluding hydrogens is 420 g/mol. The molecule has 8 atom stereocenters. The highest BCUT2D eigenvalue weighted by atomic mass is 16.8. The minimum atomic E-state index is -1.73. The molecule has 31 heavy (non-hydrogen) atoms. The zero-order valence-electron chi connectivity index (χ0n) is 17.1. The summed E-state index contributed by atoms with van der Waals surface area (Å²) in [5.41, 5.74) is -1.39. The molecule has 1 aliphatic carbocycles. The second kappa shape index (κ2) is 8.82. The van der Waals surface area contributed by atoms with Crippen LogP contribution < -0.4 is 0 Å². The number of aliphatic hydroxyl groups is 5. The summed E-state index contributed by atoms with van der Waals surface area (Å²) in [4.78, 5) is 24.8. The molecule has 174 valence electrons. The van der Waals surface area contributed by atoms with E-state index in [2.05, 4.69) is 0 Å². The van der Waals surface area contributed by atoms with Gasteiger partial charge in [-0.25, -0.2) is 4.79 Å². The molecule has 0 aromatic rings. The summed E-state index contributed by atoms with van der Waals surface area (Å²) < 4.78 is 26.0. The minimum Gasteiger partial charge on any atom is -0.468 e. The van der Waals surface area contributed by atoms with Crippen molar-refractivity contribution in [3.8, 4) is 0 Å². The van der Waals surface area contributed by atoms with E-state index in [0.717, 1.165) is 20.5 Å². The van der Waals surface area contributed by atoms with Gasteiger partial charge < -0.3 is 49.2 Å². The summed E-state index contributed by atoms with van der Waals surface area (Å²) in [7, 11) is 2.29. The van der Waals surface area contributed by atoms with Gasteiger partial charge in [-0.1, -0.05) is 0 Å². The second-order valence-electron chi connectivity index (χ2n) is 7.63. The van der Waals surface area contributed by atoms with Gasteiger partial charge >= 0.3 is 11.9 Å². The average Bonchev–Trinajstić information content (AvgIpc) is 3.04. The van der Waals surface area contributed by atoms with Crippen LogP contribution in [-0.2, 0) is 33.3 Å². The number of carbonyl (C=O) groups is 2. The van der Waals surface area contributed by atoms with Gasteiger partial charge in [-0.15, -0.1) is 0 Å². The molecule has 0 radical (unpaired) electrons. The number of aliphatic hydroxyl groups excluding tert-OH is 5. The lowest BCUT2D eigenvalue weighted by Gasteiger charge is -2.42. The molecule has 3 rings (SSSR count). The predicted molar refractivity (Wildman–Crippen MR) is 97.6 cm³/mol. The summed E-state index contributed by atoms with van der Waals surface area (Å²) in [6, 6.07) is 0. The first-order valence-corrected chi connectivity index (χ1v) is 9.52. The Bertz CT molecular complexity index is 789. The van der Waals surface area contributed by atoms with E-state index in [-0.39, 0.29) is 23.1 Å². The van der Waals surface area contributed by atoms with Crippen molar-refractivity contribution in [2.75, 3.05) is 20.8 Å². The number of carbonyl (C=O) groups excluding carboxylic acids is 2. The smallest absolute Gasteiger partial charge is 0.341 e. The number of esters is 2. The number of hydrogen-bond acceptors (Lipinski definition) is 12. The third-order valence-corrected chi connectivity index (χ3v) is 5.94. The van der Waals surface area contributed by atoms with E-state index >= 15 is 0 Å². The molecule has 5 N–H and O–H groups in total. The molecule has 0 bridgehead atoms. The molecule has 12 heteroatoms. The van der Waals surface area contributed by atoms with Crippen molar-refractivity contribution in [3.63, 3.8) is 0 Å². The Morgan fingerprint density at radius 3 is 2.39 bits per heavy atom. The van der Waals surface area contributed by atoms with E-state index in [1.54, 1.807) is 0 Å². The molecule has 0 aromatic heterocycles. The van der Waals surface area contributed by atoms with Gasteiger partial charge in [0.05, 0.1) is 32.5 Å². The van der Waals surface area contributed by atoms with Crippen molar-refractivity contribution in [2.45, 2.75) is 56.4 Å². The molecule has 12 nitrogen and oxygen atoms in total. The summed E-state index contributed by atoms with van der Waals surface area (Å²) in [6.07, 6.45) is -9.64. The fraction of sp³-hybridized carbons (Fsp3) is 0.684. The summed E-state index contributed by atoms with van der Waals surface area (Å²) in [5, 5.41) is 50.2. The zero-order chi connectivity index (χ0) is 23.1. The Morgan fingerprint density at radius 2 is 1.81 bits per heavy atom. The SMILES string of the molecule is COC(=O)C1=CO[C@@H](O[C@@H]2O[C@H](CO)[C@@H](O)[C@H](O)[C@H]2O)C2=C1C[C@@H](O)[C@]2(C)C(=O)OC. The van der Waals surface area contributed by atoms with Crippen LogP contribution in [0.2, 0.25) is 0 Å². The lowest BCUT2D eigenvalue weighted by molar-refractivity contribution is -0.328. The van der Waals surface area contributed by atoms with Crippen molar-refractivity contribution in [2.24, 2.45) is 5.41 Å². The summed E-state index contributed by atoms with van der Waals surface area (Å²) in [6.45, 7) is 0.717. The lowest BCUT2D eigenvalue weighted by Crippen LogP contribution is -2.60. The molecule has 0 amide bonds. The largest absolute Gasteiger partial charge is 0.468 e. The lowest BCUT2D eigenvalue weighted by atomic mass is 9.80. The standard InChI is InChI=1S/C19H26O12/c1-19(18(26)28-3)10(21)4-7-8(15(25)27-2)6-29-16(11(7)19)31-17-14(24)13(23)12(22)9(5-20)30-17/h6,9-10,12-14,16-17,20-24H,4-5H2,1-3H3/t9-,10-,12-,13+,14-,16+,17+,19+/m1/s1. The number of hydrogen-bond donors (Lipinski definition) is 5. The molecule has 2 aliphatic heterocycles. The normalized spacial score (nSPS) is 40.0. The molecule has 0 spiro atoms. The molecule has 0 aromatic carbocycles. The van der Waals surface area contributed by atoms with Crippen molar-refractivity contribution >= 4 is 11.9 Å². The van der Waals surface area contributed by atoms with Gasteiger partial charge in [0.1, 0.15) is 36.1 Å². The first-order chi connectivity index (χ1) is 14.6. The van der Waals surface area contributed by atoms with E-state index in [1.165, 1.54) is 6.92 Å². The van der Waals surface area contributed by atoms with E-state index < -0.39 is 67.1 Å². The van der Waals surface area contributed by atoms with Gasteiger partial charge in [0.15, 0.2) is 6.29 Å². The second-order valence-corrected chi connectivity index (χ2v) is 7.63. The number of ether oxygens (including phenoxy) is 5. The van der Waals surface area contributed by atoms with Crippen LogP contribution in [0.25, 0.3) is 0 Å². The number of rotatable bonds is 5. The Kier molecular flexibility index (Phi) is 6.72. The van der Waals surface area contributed by atoms with Crippen molar-refractivity contribution in [3.05, 3.63) is 23.0 Å². The van der Waals surface area contributed by atoms with Crippen molar-refractivity contribution in [1.29, 1.82) is 0 Å². The van der Waals surface area contributed by atoms with Gasteiger partial charge in [0.25, 0.3) is 0 Å². The fourth-order valence-corrected chi connectivity index (χ4v) is 4.05. The van der Waals surface area contributed by atoms with Gasteiger partial charge in [0, 0.05) is 12.0 Å². The van der Waals surface area contributed by atoms with E-state index in [0.29, 0.717) is 0 Å². The quantitative estimate of drug-likeness (QED) is 0.279. The minimum absolute atomic E-state index is 0.0298. The molecule has 0 saturated carbocycles. The highest BCUT2D eigenvalue weighted by Gasteiger charge is 2.57. The van der Waals surface area contributed by atoms with Crippen LogP contribution in [0.1, 0.15) is 13.3 Å². The van der Waals surface area contributed by atoms with Crippen LogP contribution in [0.3, 0.4) is 0 Å². The highest BCUT2D eigenvalue weighted by Crippen LogP contribution is 2.51. The van der Waals surface area contributed by atoms with E-state index in [1.807, 2.05) is 0 Å². The van der Waals surface area contributed by atoms with Crippen LogP contribution in [0, 0.1) is 5.41 Å². The van der Waals surface area contributed by atoms with Crippen LogP contribution in [-0.4, -0.2) is 101 Å². The fourth-order valence-electron chi connectivity index (χ4n) is 4.05. The first-order valence-electron chi connectivity index (χ1n) is 9.52. The Labute approximate surface area is 177 Å². The Morgan fingerprint density at radius 1 is 1.13 bits per heavy atom. The van der Waals surface area contributed by atoms with Crippen LogP contribution in [0.4, 0.5) is 0 Å². The van der Waals surface area contributed by atoms with Crippen LogP contribution in [0.15, 0.2) is 23.0 Å². The molecular formula is C19H26O12. The maximum atomic E-state index is 12.6. The molecule has 0 unspecified atom stereocenters. The monoisotopic (exact) mass is 446 g/mol. The molecule has 2 heterocycles. The molecule has 1 fully saturated rings. The van der Waals surface area contributed by atoms with Crippen LogP contribution >= 0.6 is 0 Å². The van der Waals surface area contributed by atoms with Crippen LogP contribution in [0.5, 0.6) is 0 Å². The third kappa shape index (κ3) is 3.74. The highest BCUT2D eigenvalue weighted by molar-refractivity contribution is 5.95. The topological polar surface area (TPSA) is 181 Å². The maximum absolute atomic E-state index is 12.6. The van der Waals surface area contributed by atoms with Crippen molar-refractivity contribution in [1.82, 2.24) is 0 Å². The van der Waals surface area contributed by atoms with Gasteiger partial charge in [-0.05, 0) is 12.5 Å². The predicted octanol–water partition coefficient (Wildman–Crippen LogP) is -2.54. The first kappa shape index (κ1) is 23.6. The number of methoxy groups -OCH3 is 2. The van der Waals surface area contributed by atoms with Gasteiger partial charge in [0.2, 0.25) is 6.29 Å². The van der Waals surface area contributed by atoms with E-state index in [4.69, 9.17) is 23.7 Å². The molecule has 1 saturated heterocycles. The Balaban J connectivity index is 1.99. The maximum Gasteiger partial charge on any atom is 0.341 e. The third-order valence-electron chi connectivity index (χ3n) is 5.94. The summed E-state index contributed by atoms with van der Waals surface area (Å²) in [5.74, 6) is -1.58. The summed E-state index contributed by atoms with van der Waals surface area (Å²) >= 11 is 0. The Hall–Kier alpha value is -2.06. The van der Waals surface area contributed by atoms with Crippen molar-refractivity contribution < 1.29 is 58.8 Å². The van der Waals surface area contributed by atoms with Gasteiger partial charge in [-0.3, -0.25) is 4.79 Å². The average molecular weight is 446 g/mol. The van der Waals surface area contributed by atoms with E-state index in [9.17, 15) is 35.1 Å². The zero-order valence-corrected chi connectivity index (χ0v) is 17.1. The molecule has 3 aliphatic rings. The van der Waals surface area contributed by atoms with Gasteiger partial charge in [-0.2, -0.15) is 0 Å².